The Hall–Kier alpha value is -4.54. The third kappa shape index (κ3) is 4.75. The van der Waals surface area contributed by atoms with Gasteiger partial charge in [-0.2, -0.15) is 5.26 Å². The fourth-order valence-electron chi connectivity index (χ4n) is 5.14. The van der Waals surface area contributed by atoms with Gasteiger partial charge in [0.25, 0.3) is 5.92 Å². The van der Waals surface area contributed by atoms with Crippen LogP contribution >= 0.6 is 0 Å². The van der Waals surface area contributed by atoms with E-state index in [4.69, 9.17) is 10.7 Å². The lowest BCUT2D eigenvalue weighted by Crippen LogP contribution is -2.55. The average Bonchev–Trinajstić information content (AvgIpc) is 3.50. The molecule has 6 rings (SSSR count). The number of nitrogens with two attached hydrogens (primary N) is 1. The van der Waals surface area contributed by atoms with E-state index in [0.29, 0.717) is 45.0 Å². The molecule has 1 aliphatic rings. The molecule has 0 unspecified atom stereocenters. The molecule has 0 amide bonds. The van der Waals surface area contributed by atoms with E-state index in [9.17, 15) is 23.5 Å². The van der Waals surface area contributed by atoms with Crippen LogP contribution in [0.15, 0.2) is 48.8 Å². The first-order valence-electron chi connectivity index (χ1n) is 13.0. The van der Waals surface area contributed by atoms with Gasteiger partial charge < -0.3 is 15.7 Å². The number of hydrogen-bond acceptors (Lipinski definition) is 8. The first kappa shape index (κ1) is 26.7. The number of rotatable bonds is 5. The first-order chi connectivity index (χ1) is 19.4. The van der Waals surface area contributed by atoms with Crippen molar-refractivity contribution < 1.29 is 18.3 Å². The maximum absolute atomic E-state index is 14.8. The van der Waals surface area contributed by atoms with E-state index in [1.165, 1.54) is 12.1 Å². The number of imidazole rings is 1. The van der Waals surface area contributed by atoms with Gasteiger partial charge in [-0.15, -0.1) is 5.10 Å². The van der Waals surface area contributed by atoms with E-state index >= 15 is 0 Å². The molecule has 1 fully saturated rings. The normalized spacial score (nSPS) is 17.3. The van der Waals surface area contributed by atoms with Crippen molar-refractivity contribution in [1.29, 1.82) is 5.26 Å². The molecule has 0 spiro atoms. The SMILES string of the molecule is CC(C)(O)Cn1nnc2cc(-c3c(-c4ccc(C#N)c(F)c4)nc4c(N5CCC(F)(F)[C@@H](N)C5)nccn34)ccc21. The monoisotopic (exact) mass is 561 g/mol. The number of aliphatic hydroxyl groups is 1. The molecule has 3 aromatic heterocycles. The summed E-state index contributed by atoms with van der Waals surface area (Å²) in [6.45, 7) is 3.52. The lowest BCUT2D eigenvalue weighted by atomic mass is 10.0. The van der Waals surface area contributed by atoms with Crippen molar-refractivity contribution in [1.82, 2.24) is 29.4 Å². The minimum absolute atomic E-state index is 0.0344. The second-order valence-electron chi connectivity index (χ2n) is 10.9. The summed E-state index contributed by atoms with van der Waals surface area (Å²) >= 11 is 0. The van der Waals surface area contributed by atoms with E-state index < -0.39 is 29.8 Å². The number of nitriles is 1. The Labute approximate surface area is 232 Å². The molecule has 0 radical (unpaired) electrons. The summed E-state index contributed by atoms with van der Waals surface area (Å²) in [6, 6.07) is 10.2. The zero-order valence-electron chi connectivity index (χ0n) is 22.3. The average molecular weight is 562 g/mol. The van der Waals surface area contributed by atoms with Crippen LogP contribution in [0.4, 0.5) is 19.0 Å². The van der Waals surface area contributed by atoms with Gasteiger partial charge in [-0.05, 0) is 38.1 Å². The molecule has 10 nitrogen and oxygen atoms in total. The van der Waals surface area contributed by atoms with E-state index in [0.717, 1.165) is 0 Å². The Balaban J connectivity index is 1.54. The zero-order valence-corrected chi connectivity index (χ0v) is 22.3. The Morgan fingerprint density at radius 2 is 1.98 bits per heavy atom. The van der Waals surface area contributed by atoms with Gasteiger partial charge in [-0.1, -0.05) is 17.3 Å². The maximum Gasteiger partial charge on any atom is 0.266 e. The van der Waals surface area contributed by atoms with Crippen LogP contribution in [0.25, 0.3) is 39.2 Å². The van der Waals surface area contributed by atoms with Crippen LogP contribution < -0.4 is 10.6 Å². The summed E-state index contributed by atoms with van der Waals surface area (Å²) in [7, 11) is 0. The summed E-state index contributed by atoms with van der Waals surface area (Å²) in [6.07, 6.45) is 2.82. The first-order valence-corrected chi connectivity index (χ1v) is 13.0. The van der Waals surface area contributed by atoms with Crippen LogP contribution in [0.2, 0.25) is 0 Å². The molecule has 5 aromatic rings. The van der Waals surface area contributed by atoms with Gasteiger partial charge in [-0.3, -0.25) is 4.40 Å². The van der Waals surface area contributed by atoms with Crippen molar-refractivity contribution in [3.8, 4) is 28.6 Å². The van der Waals surface area contributed by atoms with Crippen LogP contribution in [-0.4, -0.2) is 65.1 Å². The molecule has 0 aliphatic carbocycles. The van der Waals surface area contributed by atoms with Crippen LogP contribution in [0.5, 0.6) is 0 Å². The zero-order chi connectivity index (χ0) is 29.1. The third-order valence-electron chi connectivity index (χ3n) is 7.18. The molecule has 13 heteroatoms. The van der Waals surface area contributed by atoms with Crippen molar-refractivity contribution in [3.05, 3.63) is 60.2 Å². The molecular formula is C28H26F3N9O. The molecule has 41 heavy (non-hydrogen) atoms. The summed E-state index contributed by atoms with van der Waals surface area (Å²) in [5.41, 5.74) is 8.42. The van der Waals surface area contributed by atoms with Gasteiger partial charge in [0.15, 0.2) is 11.5 Å². The Kier molecular flexibility index (Phi) is 6.20. The Morgan fingerprint density at radius 1 is 1.20 bits per heavy atom. The van der Waals surface area contributed by atoms with Gasteiger partial charge in [0.05, 0.1) is 40.7 Å². The van der Waals surface area contributed by atoms with Crippen molar-refractivity contribution in [2.24, 2.45) is 5.73 Å². The highest BCUT2D eigenvalue weighted by atomic mass is 19.3. The van der Waals surface area contributed by atoms with Crippen LogP contribution in [-0.2, 0) is 6.54 Å². The van der Waals surface area contributed by atoms with Gasteiger partial charge in [-0.25, -0.2) is 27.8 Å². The maximum atomic E-state index is 14.8. The largest absolute Gasteiger partial charge is 0.389 e. The second kappa shape index (κ2) is 9.53. The fourth-order valence-corrected chi connectivity index (χ4v) is 5.14. The molecular weight excluding hydrogens is 535 g/mol. The molecule has 1 atom stereocenters. The van der Waals surface area contributed by atoms with Crippen LogP contribution in [0.3, 0.4) is 0 Å². The van der Waals surface area contributed by atoms with Gasteiger partial charge in [0.1, 0.15) is 17.4 Å². The minimum atomic E-state index is -2.98. The number of aromatic nitrogens is 6. The lowest BCUT2D eigenvalue weighted by molar-refractivity contribution is -0.0393. The van der Waals surface area contributed by atoms with Crippen molar-refractivity contribution in [3.63, 3.8) is 0 Å². The van der Waals surface area contributed by atoms with Crippen LogP contribution in [0.1, 0.15) is 25.8 Å². The topological polar surface area (TPSA) is 134 Å². The summed E-state index contributed by atoms with van der Waals surface area (Å²) in [5, 5.41) is 27.9. The third-order valence-corrected chi connectivity index (χ3v) is 7.18. The minimum Gasteiger partial charge on any atom is -0.389 e. The highest BCUT2D eigenvalue weighted by molar-refractivity contribution is 5.89. The molecule has 210 valence electrons. The van der Waals surface area contributed by atoms with E-state index in [-0.39, 0.29) is 25.2 Å². The lowest BCUT2D eigenvalue weighted by Gasteiger charge is -2.36. The van der Waals surface area contributed by atoms with Gasteiger partial charge in [0.2, 0.25) is 0 Å². The van der Waals surface area contributed by atoms with Crippen molar-refractivity contribution in [2.75, 3.05) is 18.0 Å². The van der Waals surface area contributed by atoms with Gasteiger partial charge in [0, 0.05) is 43.0 Å². The number of fused-ring (bicyclic) bond motifs is 2. The molecule has 1 saturated heterocycles. The summed E-state index contributed by atoms with van der Waals surface area (Å²) < 4.78 is 46.4. The number of anilines is 1. The molecule has 1 aliphatic heterocycles. The molecule has 4 heterocycles. The Bertz CT molecular complexity index is 1830. The van der Waals surface area contributed by atoms with E-state index in [1.807, 2.05) is 24.3 Å². The Morgan fingerprint density at radius 3 is 2.68 bits per heavy atom. The van der Waals surface area contributed by atoms with E-state index in [2.05, 4.69) is 15.3 Å². The number of alkyl halides is 2. The predicted molar refractivity (Wildman–Crippen MR) is 146 cm³/mol. The number of piperidine rings is 1. The molecule has 3 N–H and O–H groups in total. The second-order valence-corrected chi connectivity index (χ2v) is 10.9. The summed E-state index contributed by atoms with van der Waals surface area (Å²) in [4.78, 5) is 11.0. The number of halogens is 3. The highest BCUT2D eigenvalue weighted by Gasteiger charge is 2.42. The van der Waals surface area contributed by atoms with Gasteiger partial charge >= 0.3 is 0 Å². The fraction of sp³-hybridized carbons (Fsp3) is 0.321. The number of hydrogen-bond donors (Lipinski definition) is 2. The smallest absolute Gasteiger partial charge is 0.266 e. The highest BCUT2D eigenvalue weighted by Crippen LogP contribution is 2.38. The summed E-state index contributed by atoms with van der Waals surface area (Å²) in [5.74, 6) is -3.30. The van der Waals surface area contributed by atoms with Crippen LogP contribution in [0, 0.1) is 17.1 Å². The number of benzene rings is 2. The molecule has 0 saturated carbocycles. The van der Waals surface area contributed by atoms with Crippen molar-refractivity contribution >= 4 is 22.5 Å². The molecule has 0 bridgehead atoms. The predicted octanol–water partition coefficient (Wildman–Crippen LogP) is 3.76. The standard InChI is InChI=1S/C28H26F3N9O/c1-27(2,41)15-40-21-6-5-17(12-20(21)36-37-40)24-23(16-3-4-18(13-32)19(29)11-16)35-26-25(34-8-10-39(24)26)38-9-7-28(30,31)22(33)14-38/h3-6,8,10-12,22,41H,7,9,14-15,33H2,1-2H3/t22-/m0/s1. The van der Waals surface area contributed by atoms with E-state index in [1.54, 1.807) is 46.3 Å². The molecule has 2 aromatic carbocycles. The van der Waals surface area contributed by atoms with Crippen molar-refractivity contribution in [2.45, 2.75) is 44.4 Å². The quantitative estimate of drug-likeness (QED) is 0.331. The number of nitrogens with zero attached hydrogens (tertiary/aromatic N) is 8.